The van der Waals surface area contributed by atoms with E-state index in [0.29, 0.717) is 4.77 Å². The Labute approximate surface area is 86.6 Å². The van der Waals surface area contributed by atoms with E-state index in [4.69, 9.17) is 12.2 Å². The number of aromatic nitrogens is 4. The maximum Gasteiger partial charge on any atom is 0.242 e. The molecule has 0 aliphatic rings. The Morgan fingerprint density at radius 3 is 2.43 bits per heavy atom. The van der Waals surface area contributed by atoms with Crippen molar-refractivity contribution < 1.29 is 0 Å². The number of H-pyrrole nitrogens is 1. The van der Waals surface area contributed by atoms with Crippen molar-refractivity contribution in [1.82, 2.24) is 20.2 Å². The van der Waals surface area contributed by atoms with Crippen LogP contribution < -0.4 is 0 Å². The first-order chi connectivity index (χ1) is 6.70. The van der Waals surface area contributed by atoms with E-state index in [1.165, 1.54) is 0 Å². The molecule has 0 radical (unpaired) electrons. The van der Waals surface area contributed by atoms with Gasteiger partial charge in [0.2, 0.25) is 4.77 Å². The first-order valence-electron chi connectivity index (χ1n) is 4.27. The molecule has 0 saturated carbocycles. The van der Waals surface area contributed by atoms with Crippen molar-refractivity contribution in [3.05, 3.63) is 34.1 Å². The van der Waals surface area contributed by atoms with Gasteiger partial charge in [-0.25, -0.2) is 4.68 Å². The van der Waals surface area contributed by atoms with Crippen LogP contribution >= 0.6 is 12.2 Å². The van der Waals surface area contributed by atoms with Crippen LogP contribution in [0.15, 0.2) is 18.2 Å². The molecule has 14 heavy (non-hydrogen) atoms. The summed E-state index contributed by atoms with van der Waals surface area (Å²) in [6.45, 7) is 4.07. The maximum absolute atomic E-state index is 5.04. The van der Waals surface area contributed by atoms with Gasteiger partial charge in [0.1, 0.15) is 0 Å². The Bertz CT molecular complexity index is 491. The molecule has 1 aromatic carbocycles. The van der Waals surface area contributed by atoms with Crippen molar-refractivity contribution in [2.75, 3.05) is 0 Å². The van der Waals surface area contributed by atoms with E-state index in [2.05, 4.69) is 15.5 Å². The fraction of sp³-hybridized carbons (Fsp3) is 0.222. The van der Waals surface area contributed by atoms with E-state index in [0.717, 1.165) is 16.8 Å². The summed E-state index contributed by atoms with van der Waals surface area (Å²) in [6.07, 6.45) is 0. The summed E-state index contributed by atoms with van der Waals surface area (Å²) in [7, 11) is 0. The fourth-order valence-electron chi connectivity index (χ4n) is 1.50. The number of tetrazole rings is 1. The average Bonchev–Trinajstić information content (AvgIpc) is 2.52. The van der Waals surface area contributed by atoms with E-state index in [1.807, 2.05) is 32.0 Å². The van der Waals surface area contributed by atoms with Crippen LogP contribution in [-0.2, 0) is 0 Å². The minimum atomic E-state index is 0.447. The molecule has 2 aromatic rings. The van der Waals surface area contributed by atoms with Crippen molar-refractivity contribution in [2.24, 2.45) is 0 Å². The molecule has 72 valence electrons. The molecule has 2 rings (SSSR count). The number of nitrogens with zero attached hydrogens (tertiary/aromatic N) is 3. The zero-order valence-corrected chi connectivity index (χ0v) is 8.80. The molecule has 0 atom stereocenters. The molecule has 0 bridgehead atoms. The molecule has 0 unspecified atom stereocenters. The van der Waals surface area contributed by atoms with Gasteiger partial charge in [0.15, 0.2) is 0 Å². The summed E-state index contributed by atoms with van der Waals surface area (Å²) in [4.78, 5) is 0. The largest absolute Gasteiger partial charge is 0.242 e. The number of benzene rings is 1. The number of aryl methyl sites for hydroxylation is 2. The van der Waals surface area contributed by atoms with Gasteiger partial charge in [-0.15, -0.1) is 0 Å². The lowest BCUT2D eigenvalue weighted by atomic mass is 10.1. The minimum absolute atomic E-state index is 0.447. The number of para-hydroxylation sites is 1. The van der Waals surface area contributed by atoms with Gasteiger partial charge in [0.25, 0.3) is 0 Å². The summed E-state index contributed by atoms with van der Waals surface area (Å²) in [5, 5.41) is 10.2. The quantitative estimate of drug-likeness (QED) is 0.725. The van der Waals surface area contributed by atoms with Crippen LogP contribution in [0.5, 0.6) is 0 Å². The van der Waals surface area contributed by atoms with Crippen LogP contribution in [0.4, 0.5) is 0 Å². The molecule has 0 aliphatic carbocycles. The van der Waals surface area contributed by atoms with E-state index in [1.54, 1.807) is 4.68 Å². The summed E-state index contributed by atoms with van der Waals surface area (Å²) >= 11 is 5.04. The fourth-order valence-corrected chi connectivity index (χ4v) is 1.67. The Morgan fingerprint density at radius 2 is 1.93 bits per heavy atom. The molecule has 0 aliphatic heterocycles. The number of hydrogen-bond donors (Lipinski definition) is 1. The second-order valence-corrected chi connectivity index (χ2v) is 3.52. The molecule has 0 amide bonds. The predicted molar refractivity (Wildman–Crippen MR) is 56.0 cm³/mol. The number of rotatable bonds is 1. The molecule has 0 saturated heterocycles. The van der Waals surface area contributed by atoms with Crippen molar-refractivity contribution in [1.29, 1.82) is 0 Å². The lowest BCUT2D eigenvalue weighted by Gasteiger charge is -2.08. The molecular weight excluding hydrogens is 196 g/mol. The molecule has 4 nitrogen and oxygen atoms in total. The Kier molecular flexibility index (Phi) is 2.17. The Morgan fingerprint density at radius 1 is 1.29 bits per heavy atom. The zero-order valence-electron chi connectivity index (χ0n) is 7.98. The lowest BCUT2D eigenvalue weighted by Crippen LogP contribution is -2.02. The SMILES string of the molecule is Cc1cccc(C)c1-n1[nH]nnc1=S. The number of hydrogen-bond acceptors (Lipinski definition) is 3. The number of nitrogens with one attached hydrogen (secondary N) is 1. The van der Waals surface area contributed by atoms with Crippen LogP contribution in [0.1, 0.15) is 11.1 Å². The first kappa shape index (κ1) is 9.08. The van der Waals surface area contributed by atoms with Crippen LogP contribution in [0.3, 0.4) is 0 Å². The van der Waals surface area contributed by atoms with Gasteiger partial charge in [-0.05, 0) is 37.2 Å². The van der Waals surface area contributed by atoms with Gasteiger partial charge < -0.3 is 0 Å². The summed E-state index contributed by atoms with van der Waals surface area (Å²) < 4.78 is 2.16. The first-order valence-corrected chi connectivity index (χ1v) is 4.67. The van der Waals surface area contributed by atoms with Gasteiger partial charge in [-0.3, -0.25) is 0 Å². The second-order valence-electron chi connectivity index (χ2n) is 3.16. The Hall–Kier alpha value is -1.49. The normalized spacial score (nSPS) is 10.4. The van der Waals surface area contributed by atoms with Crippen molar-refractivity contribution >= 4 is 12.2 Å². The van der Waals surface area contributed by atoms with Crippen LogP contribution in [0.25, 0.3) is 5.69 Å². The van der Waals surface area contributed by atoms with Gasteiger partial charge in [0.05, 0.1) is 5.69 Å². The lowest BCUT2D eigenvalue weighted by molar-refractivity contribution is 0.778. The maximum atomic E-state index is 5.04. The highest BCUT2D eigenvalue weighted by atomic mass is 32.1. The highest BCUT2D eigenvalue weighted by Crippen LogP contribution is 2.16. The van der Waals surface area contributed by atoms with Gasteiger partial charge in [-0.1, -0.05) is 28.5 Å². The van der Waals surface area contributed by atoms with Gasteiger partial charge >= 0.3 is 0 Å². The predicted octanol–water partition coefficient (Wildman–Crippen LogP) is 1.94. The standard InChI is InChI=1S/C9H10N4S/c1-6-4-3-5-7(2)8(6)13-9(14)10-11-12-13/h3-5H,1-2H3,(H,10,12,14). The van der Waals surface area contributed by atoms with Gasteiger partial charge in [0, 0.05) is 0 Å². The van der Waals surface area contributed by atoms with Crippen molar-refractivity contribution in [3.63, 3.8) is 0 Å². The molecule has 1 heterocycles. The summed E-state index contributed by atoms with van der Waals surface area (Å²) in [5.41, 5.74) is 3.32. The monoisotopic (exact) mass is 206 g/mol. The minimum Gasteiger partial charge on any atom is -0.209 e. The molecule has 1 aromatic heterocycles. The Balaban J connectivity index is 2.74. The highest BCUT2D eigenvalue weighted by molar-refractivity contribution is 7.71. The van der Waals surface area contributed by atoms with E-state index < -0.39 is 0 Å². The third-order valence-corrected chi connectivity index (χ3v) is 2.40. The molecule has 0 spiro atoms. The molecule has 0 fully saturated rings. The van der Waals surface area contributed by atoms with Crippen LogP contribution in [0, 0.1) is 18.6 Å². The smallest absolute Gasteiger partial charge is 0.209 e. The van der Waals surface area contributed by atoms with E-state index >= 15 is 0 Å². The van der Waals surface area contributed by atoms with Crippen LogP contribution in [-0.4, -0.2) is 20.2 Å². The second kappa shape index (κ2) is 3.34. The zero-order chi connectivity index (χ0) is 10.1. The summed E-state index contributed by atoms with van der Waals surface area (Å²) in [6, 6.07) is 6.08. The third kappa shape index (κ3) is 1.35. The van der Waals surface area contributed by atoms with E-state index in [9.17, 15) is 0 Å². The molecular formula is C9H10N4S. The highest BCUT2D eigenvalue weighted by Gasteiger charge is 2.05. The van der Waals surface area contributed by atoms with Crippen molar-refractivity contribution in [3.8, 4) is 5.69 Å². The van der Waals surface area contributed by atoms with Crippen LogP contribution in [0.2, 0.25) is 0 Å². The topological polar surface area (TPSA) is 46.5 Å². The van der Waals surface area contributed by atoms with Crippen molar-refractivity contribution in [2.45, 2.75) is 13.8 Å². The van der Waals surface area contributed by atoms with E-state index in [-0.39, 0.29) is 0 Å². The third-order valence-electron chi connectivity index (χ3n) is 2.13. The molecule has 5 heteroatoms. The number of aromatic amines is 1. The van der Waals surface area contributed by atoms with Gasteiger partial charge in [-0.2, -0.15) is 5.21 Å². The summed E-state index contributed by atoms with van der Waals surface area (Å²) in [5.74, 6) is 0. The molecule has 1 N–H and O–H groups in total. The average molecular weight is 206 g/mol.